The van der Waals surface area contributed by atoms with Gasteiger partial charge >= 0.3 is 0 Å². The van der Waals surface area contributed by atoms with Crippen molar-refractivity contribution in [3.8, 4) is 0 Å². The molecule has 3 heterocycles. The van der Waals surface area contributed by atoms with Crippen molar-refractivity contribution in [2.75, 3.05) is 20.7 Å². The summed E-state index contributed by atoms with van der Waals surface area (Å²) in [6.07, 6.45) is -1.92. The third kappa shape index (κ3) is 3.47. The third-order valence-corrected chi connectivity index (χ3v) is 4.49. The van der Waals surface area contributed by atoms with Crippen LogP contribution < -0.4 is 0 Å². The van der Waals surface area contributed by atoms with Gasteiger partial charge in [0.1, 0.15) is 12.2 Å². The fourth-order valence-corrected chi connectivity index (χ4v) is 3.15. The van der Waals surface area contributed by atoms with Gasteiger partial charge in [0.15, 0.2) is 30.1 Å². The molecule has 0 aromatic rings. The molecule has 3 rings (SSSR count). The fraction of sp³-hybridized carbons (Fsp3) is 0.933. The lowest BCUT2D eigenvalue weighted by Crippen LogP contribution is -2.46. The van der Waals surface area contributed by atoms with Gasteiger partial charge < -0.3 is 33.3 Å². The van der Waals surface area contributed by atoms with E-state index in [0.717, 1.165) is 0 Å². The third-order valence-electron chi connectivity index (χ3n) is 4.03. The molecule has 5 unspecified atom stereocenters. The van der Waals surface area contributed by atoms with Gasteiger partial charge in [0.2, 0.25) is 0 Å². The summed E-state index contributed by atoms with van der Waals surface area (Å²) in [5, 5.41) is 0.371. The van der Waals surface area contributed by atoms with Gasteiger partial charge in [-0.15, -0.1) is 0 Å². The van der Waals surface area contributed by atoms with Crippen LogP contribution in [0.1, 0.15) is 27.7 Å². The van der Waals surface area contributed by atoms with Crippen molar-refractivity contribution in [3.05, 3.63) is 0 Å². The molecule has 0 aromatic heterocycles. The SMILES string of the molecule is CN(C)C(=S)OC1C(C2COC(C)(C)O2)OC2OC(C)(C)OC21. The van der Waals surface area contributed by atoms with E-state index in [4.69, 9.17) is 40.6 Å². The van der Waals surface area contributed by atoms with E-state index in [2.05, 4.69) is 0 Å². The Kier molecular flexibility index (Phi) is 4.36. The van der Waals surface area contributed by atoms with Crippen LogP contribution in [0.2, 0.25) is 0 Å². The van der Waals surface area contributed by atoms with Crippen LogP contribution in [0.4, 0.5) is 0 Å². The Bertz CT molecular complexity index is 483. The number of nitrogens with zero attached hydrogens (tertiary/aromatic N) is 1. The van der Waals surface area contributed by atoms with E-state index >= 15 is 0 Å². The first-order valence-corrected chi connectivity index (χ1v) is 8.20. The van der Waals surface area contributed by atoms with E-state index in [1.807, 2.05) is 41.8 Å². The van der Waals surface area contributed by atoms with Crippen LogP contribution in [0.3, 0.4) is 0 Å². The molecule has 0 amide bonds. The lowest BCUT2D eigenvalue weighted by atomic mass is 10.1. The standard InChI is InChI=1S/C15H25NO6S/c1-14(2)17-7-8(20-14)9-10(19-13(23)16(5)6)11-12(18-9)22-15(3,4)21-11/h8-12H,7H2,1-6H3. The molecule has 0 N–H and O–H groups in total. The van der Waals surface area contributed by atoms with Crippen molar-refractivity contribution < 1.29 is 28.4 Å². The van der Waals surface area contributed by atoms with E-state index in [1.54, 1.807) is 4.90 Å². The number of rotatable bonds is 2. The second-order valence-corrected chi connectivity index (χ2v) is 7.53. The maximum Gasteiger partial charge on any atom is 0.259 e. The normalized spacial score (nSPS) is 40.9. The monoisotopic (exact) mass is 347 g/mol. The van der Waals surface area contributed by atoms with Crippen LogP contribution in [0.5, 0.6) is 0 Å². The van der Waals surface area contributed by atoms with Crippen LogP contribution in [-0.4, -0.2) is 73.1 Å². The smallest absolute Gasteiger partial charge is 0.259 e. The second kappa shape index (κ2) is 5.79. The molecule has 8 heteroatoms. The summed E-state index contributed by atoms with van der Waals surface area (Å²) in [4.78, 5) is 1.73. The fourth-order valence-electron chi connectivity index (χ4n) is 3.04. The molecule has 0 saturated carbocycles. The van der Waals surface area contributed by atoms with E-state index in [-0.39, 0.29) is 18.3 Å². The van der Waals surface area contributed by atoms with Gasteiger partial charge in [0, 0.05) is 14.1 Å². The highest BCUT2D eigenvalue weighted by atomic mass is 32.1. The van der Waals surface area contributed by atoms with Gasteiger partial charge in [-0.25, -0.2) is 0 Å². The molecule has 0 aliphatic carbocycles. The van der Waals surface area contributed by atoms with Crippen molar-refractivity contribution in [1.82, 2.24) is 4.90 Å². The highest BCUT2D eigenvalue weighted by Crippen LogP contribution is 2.42. The molecule has 132 valence electrons. The number of ether oxygens (including phenoxy) is 6. The molecule has 7 nitrogen and oxygen atoms in total. The Morgan fingerprint density at radius 2 is 1.74 bits per heavy atom. The van der Waals surface area contributed by atoms with Crippen LogP contribution in [0.15, 0.2) is 0 Å². The molecule has 3 saturated heterocycles. The minimum atomic E-state index is -0.714. The quantitative estimate of drug-likeness (QED) is 0.692. The summed E-state index contributed by atoms with van der Waals surface area (Å²) in [7, 11) is 3.66. The molecule has 0 spiro atoms. The molecular weight excluding hydrogens is 322 g/mol. The molecule has 0 aromatic carbocycles. The molecule has 0 bridgehead atoms. The number of thiocarbonyl (C=S) groups is 1. The maximum atomic E-state index is 6.04. The Hall–Kier alpha value is -0.510. The van der Waals surface area contributed by atoms with Gasteiger partial charge in [0.05, 0.1) is 6.61 Å². The first-order chi connectivity index (χ1) is 10.6. The minimum absolute atomic E-state index is 0.263. The van der Waals surface area contributed by atoms with Gasteiger partial charge in [-0.2, -0.15) is 0 Å². The number of hydrogen-bond donors (Lipinski definition) is 0. The minimum Gasteiger partial charge on any atom is -0.462 e. The zero-order valence-electron chi connectivity index (χ0n) is 14.4. The first-order valence-electron chi connectivity index (χ1n) is 7.79. The average Bonchev–Trinajstić information content (AvgIpc) is 3.01. The molecule has 23 heavy (non-hydrogen) atoms. The second-order valence-electron chi connectivity index (χ2n) is 7.18. The number of fused-ring (bicyclic) bond motifs is 1. The van der Waals surface area contributed by atoms with Crippen LogP contribution in [0, 0.1) is 0 Å². The average molecular weight is 347 g/mol. The highest BCUT2D eigenvalue weighted by molar-refractivity contribution is 7.80. The largest absolute Gasteiger partial charge is 0.462 e. The van der Waals surface area contributed by atoms with E-state index in [1.165, 1.54) is 0 Å². The summed E-state index contributed by atoms with van der Waals surface area (Å²) in [5.74, 6) is -1.35. The van der Waals surface area contributed by atoms with Gasteiger partial charge in [-0.1, -0.05) is 0 Å². The maximum absolute atomic E-state index is 6.04. The Morgan fingerprint density at radius 3 is 2.30 bits per heavy atom. The Balaban J connectivity index is 1.77. The van der Waals surface area contributed by atoms with Crippen molar-refractivity contribution in [3.63, 3.8) is 0 Å². The first kappa shape index (κ1) is 17.3. The van der Waals surface area contributed by atoms with Crippen molar-refractivity contribution in [2.24, 2.45) is 0 Å². The summed E-state index contributed by atoms with van der Waals surface area (Å²) in [6, 6.07) is 0. The highest BCUT2D eigenvalue weighted by Gasteiger charge is 2.59. The zero-order chi connectivity index (χ0) is 17.0. The lowest BCUT2D eigenvalue weighted by Gasteiger charge is -2.30. The molecular formula is C15H25NO6S. The molecule has 5 atom stereocenters. The molecule has 0 radical (unpaired) electrons. The summed E-state index contributed by atoms with van der Waals surface area (Å²) in [6.45, 7) is 7.88. The van der Waals surface area contributed by atoms with E-state index in [0.29, 0.717) is 11.8 Å². The van der Waals surface area contributed by atoms with E-state index in [9.17, 15) is 0 Å². The summed E-state index contributed by atoms with van der Waals surface area (Å²) >= 11 is 5.28. The lowest BCUT2D eigenvalue weighted by molar-refractivity contribution is -0.231. The Labute approximate surface area is 142 Å². The summed E-state index contributed by atoms with van der Waals surface area (Å²) < 4.78 is 35.3. The molecule has 3 fully saturated rings. The van der Waals surface area contributed by atoms with Crippen molar-refractivity contribution in [2.45, 2.75) is 70.0 Å². The van der Waals surface area contributed by atoms with Crippen molar-refractivity contribution >= 4 is 17.4 Å². The van der Waals surface area contributed by atoms with Crippen LogP contribution in [-0.2, 0) is 28.4 Å². The van der Waals surface area contributed by atoms with Crippen LogP contribution >= 0.6 is 12.2 Å². The molecule has 3 aliphatic heterocycles. The van der Waals surface area contributed by atoms with Gasteiger partial charge in [-0.3, -0.25) is 0 Å². The van der Waals surface area contributed by atoms with Gasteiger partial charge in [-0.05, 0) is 39.9 Å². The van der Waals surface area contributed by atoms with Crippen LogP contribution in [0.25, 0.3) is 0 Å². The van der Waals surface area contributed by atoms with Gasteiger partial charge in [0.25, 0.3) is 5.17 Å². The summed E-state index contributed by atoms with van der Waals surface area (Å²) in [5.41, 5.74) is 0. The predicted octanol–water partition coefficient (Wildman–Crippen LogP) is 1.25. The van der Waals surface area contributed by atoms with Crippen molar-refractivity contribution in [1.29, 1.82) is 0 Å². The topological polar surface area (TPSA) is 58.6 Å². The molecule has 3 aliphatic rings. The number of hydrogen-bond acceptors (Lipinski definition) is 7. The Morgan fingerprint density at radius 1 is 1.04 bits per heavy atom. The van der Waals surface area contributed by atoms with E-state index < -0.39 is 24.0 Å². The zero-order valence-corrected chi connectivity index (χ0v) is 15.2. The predicted molar refractivity (Wildman–Crippen MR) is 84.8 cm³/mol.